The summed E-state index contributed by atoms with van der Waals surface area (Å²) in [5.41, 5.74) is -1.14. The largest absolute Gasteiger partial charge is 0.396 e. The lowest BCUT2D eigenvalue weighted by Gasteiger charge is -2.28. The first-order valence-electron chi connectivity index (χ1n) is 9.77. The van der Waals surface area contributed by atoms with E-state index in [1.807, 2.05) is 0 Å². The summed E-state index contributed by atoms with van der Waals surface area (Å²) in [7, 11) is 0. The molecule has 2 aliphatic rings. The minimum Gasteiger partial charge on any atom is -0.396 e. The average molecular weight is 445 g/mol. The number of fused-ring (bicyclic) bond motifs is 3. The minimum atomic E-state index is -3.17. The molecule has 0 spiro atoms. The summed E-state index contributed by atoms with van der Waals surface area (Å²) < 4.78 is 70.7. The number of aromatic nitrogens is 3. The van der Waals surface area contributed by atoms with Crippen molar-refractivity contribution in [1.82, 2.24) is 19.7 Å². The second kappa shape index (κ2) is 8.06. The molecule has 4 heterocycles. The van der Waals surface area contributed by atoms with Gasteiger partial charge < -0.3 is 15.3 Å². The molecular weight excluding hydrogens is 425 g/mol. The molecule has 1 atom stereocenters. The number of aliphatic hydroxyl groups excluding tert-OH is 1. The highest BCUT2D eigenvalue weighted by Gasteiger charge is 2.43. The molecular formula is C19H20F5N5O2. The Labute approximate surface area is 173 Å². The van der Waals surface area contributed by atoms with E-state index in [9.17, 15) is 31.9 Å². The van der Waals surface area contributed by atoms with Gasteiger partial charge in [-0.3, -0.25) is 9.67 Å². The topological polar surface area (TPSA) is 83.3 Å². The number of hydrogen-bond donors (Lipinski definition) is 2. The SMILES string of the molecule is O=C(Nc1ccnc(C(F)F)c1F)N1CCc2nn3c(c2C1)C(F)(F)CCC(CO)C3. The van der Waals surface area contributed by atoms with Gasteiger partial charge >= 0.3 is 6.03 Å². The van der Waals surface area contributed by atoms with E-state index in [1.54, 1.807) is 0 Å². The number of nitrogens with zero attached hydrogens (tertiary/aromatic N) is 4. The zero-order chi connectivity index (χ0) is 22.3. The number of alkyl halides is 4. The maximum Gasteiger partial charge on any atom is 0.322 e. The fourth-order valence-corrected chi connectivity index (χ4v) is 4.03. The monoisotopic (exact) mass is 445 g/mol. The number of halogens is 5. The number of nitrogens with one attached hydrogen (secondary N) is 1. The Bertz CT molecular complexity index is 996. The third kappa shape index (κ3) is 3.95. The fraction of sp³-hybridized carbons (Fsp3) is 0.526. The summed E-state index contributed by atoms with van der Waals surface area (Å²) in [5, 5.41) is 15.9. The molecule has 168 valence electrons. The molecule has 12 heteroatoms. The first kappa shape index (κ1) is 21.5. The third-order valence-electron chi connectivity index (χ3n) is 5.66. The fourth-order valence-electron chi connectivity index (χ4n) is 4.03. The zero-order valence-corrected chi connectivity index (χ0v) is 16.3. The standard InChI is InChI=1S/C19H20F5N5O2/c20-14-13(2-5-25-15(14)17(21)22)26-18(31)28-6-3-12-11(8-28)16-19(23,24)4-1-10(9-30)7-29(16)27-12/h2,5,10,17,30H,1,3-4,6-9H2,(H,25,26,31). The molecule has 2 aliphatic heterocycles. The molecule has 2 aromatic rings. The molecule has 2 amide bonds. The molecule has 0 radical (unpaired) electrons. The first-order valence-corrected chi connectivity index (χ1v) is 9.77. The minimum absolute atomic E-state index is 0.138. The highest BCUT2D eigenvalue weighted by molar-refractivity contribution is 5.89. The summed E-state index contributed by atoms with van der Waals surface area (Å²) in [6, 6.07) is 0.241. The van der Waals surface area contributed by atoms with E-state index in [2.05, 4.69) is 15.4 Å². The third-order valence-corrected chi connectivity index (χ3v) is 5.66. The van der Waals surface area contributed by atoms with Crippen LogP contribution >= 0.6 is 0 Å². The van der Waals surface area contributed by atoms with Crippen molar-refractivity contribution in [3.63, 3.8) is 0 Å². The molecule has 0 aliphatic carbocycles. The molecule has 2 N–H and O–H groups in total. The smallest absolute Gasteiger partial charge is 0.322 e. The number of amides is 2. The lowest BCUT2D eigenvalue weighted by molar-refractivity contribution is -0.0226. The van der Waals surface area contributed by atoms with Crippen molar-refractivity contribution in [2.24, 2.45) is 5.92 Å². The van der Waals surface area contributed by atoms with Gasteiger partial charge in [0.2, 0.25) is 0 Å². The van der Waals surface area contributed by atoms with Crippen molar-refractivity contribution in [1.29, 1.82) is 0 Å². The normalized spacial score (nSPS) is 20.2. The second-order valence-corrected chi connectivity index (χ2v) is 7.71. The molecule has 7 nitrogen and oxygen atoms in total. The van der Waals surface area contributed by atoms with Gasteiger partial charge in [0.05, 0.1) is 17.9 Å². The van der Waals surface area contributed by atoms with Crippen LogP contribution in [0.3, 0.4) is 0 Å². The summed E-state index contributed by atoms with van der Waals surface area (Å²) in [4.78, 5) is 17.1. The second-order valence-electron chi connectivity index (χ2n) is 7.71. The number of rotatable bonds is 3. The van der Waals surface area contributed by atoms with Crippen LogP contribution in [0.2, 0.25) is 0 Å². The van der Waals surface area contributed by atoms with Crippen LogP contribution in [0.25, 0.3) is 0 Å². The van der Waals surface area contributed by atoms with E-state index in [0.29, 0.717) is 5.69 Å². The number of aliphatic hydroxyl groups is 1. The predicted molar refractivity (Wildman–Crippen MR) is 98.2 cm³/mol. The van der Waals surface area contributed by atoms with Gasteiger partial charge in [-0.25, -0.2) is 18.0 Å². The number of anilines is 1. The molecule has 4 rings (SSSR count). The van der Waals surface area contributed by atoms with Crippen LogP contribution in [-0.4, -0.2) is 44.0 Å². The molecule has 0 bridgehead atoms. The molecule has 31 heavy (non-hydrogen) atoms. The zero-order valence-electron chi connectivity index (χ0n) is 16.3. The van der Waals surface area contributed by atoms with E-state index in [4.69, 9.17) is 0 Å². The Hall–Kier alpha value is -2.76. The summed E-state index contributed by atoms with van der Waals surface area (Å²) in [6.07, 6.45) is -2.29. The average Bonchev–Trinajstić information content (AvgIpc) is 3.04. The maximum absolute atomic E-state index is 14.8. The van der Waals surface area contributed by atoms with Gasteiger partial charge in [0, 0.05) is 50.2 Å². The Balaban J connectivity index is 1.58. The van der Waals surface area contributed by atoms with Crippen molar-refractivity contribution in [2.45, 2.75) is 44.7 Å². The Morgan fingerprint density at radius 1 is 1.39 bits per heavy atom. The lowest BCUT2D eigenvalue weighted by atomic mass is 9.98. The maximum atomic E-state index is 14.8. The predicted octanol–water partition coefficient (Wildman–Crippen LogP) is 3.44. The van der Waals surface area contributed by atoms with E-state index in [-0.39, 0.29) is 56.3 Å². The first-order chi connectivity index (χ1) is 14.7. The van der Waals surface area contributed by atoms with Crippen molar-refractivity contribution in [3.05, 3.63) is 40.7 Å². The Morgan fingerprint density at radius 2 is 2.16 bits per heavy atom. The van der Waals surface area contributed by atoms with Crippen LogP contribution in [0.4, 0.5) is 32.4 Å². The number of pyridine rings is 1. The van der Waals surface area contributed by atoms with E-state index in [1.165, 1.54) is 9.58 Å². The number of carbonyl (C=O) groups is 1. The van der Waals surface area contributed by atoms with Crippen LogP contribution in [0.5, 0.6) is 0 Å². The van der Waals surface area contributed by atoms with Crippen LogP contribution in [0.1, 0.15) is 41.9 Å². The number of carbonyl (C=O) groups excluding carboxylic acids is 1. The van der Waals surface area contributed by atoms with Gasteiger partial charge in [-0.05, 0) is 12.5 Å². The van der Waals surface area contributed by atoms with Crippen LogP contribution in [0.15, 0.2) is 12.3 Å². The molecule has 0 fully saturated rings. The van der Waals surface area contributed by atoms with Crippen LogP contribution < -0.4 is 5.32 Å². The van der Waals surface area contributed by atoms with E-state index >= 15 is 0 Å². The van der Waals surface area contributed by atoms with Crippen molar-refractivity contribution in [3.8, 4) is 0 Å². The highest BCUT2D eigenvalue weighted by atomic mass is 19.3. The molecule has 2 aromatic heterocycles. The van der Waals surface area contributed by atoms with E-state index in [0.717, 1.165) is 12.3 Å². The Morgan fingerprint density at radius 3 is 2.87 bits per heavy atom. The highest BCUT2D eigenvalue weighted by Crippen LogP contribution is 2.41. The summed E-state index contributed by atoms with van der Waals surface area (Å²) in [6.45, 7) is -0.116. The Kier molecular flexibility index (Phi) is 5.58. The molecule has 0 saturated heterocycles. The molecule has 1 unspecified atom stereocenters. The van der Waals surface area contributed by atoms with Gasteiger partial charge in [0.1, 0.15) is 11.4 Å². The van der Waals surface area contributed by atoms with E-state index < -0.39 is 42.0 Å². The van der Waals surface area contributed by atoms with Crippen LogP contribution in [0, 0.1) is 11.7 Å². The quantitative estimate of drug-likeness (QED) is 0.710. The van der Waals surface area contributed by atoms with Crippen molar-refractivity contribution >= 4 is 11.7 Å². The van der Waals surface area contributed by atoms with Crippen molar-refractivity contribution in [2.75, 3.05) is 18.5 Å². The lowest BCUT2D eigenvalue weighted by Crippen LogP contribution is -2.39. The number of urea groups is 1. The van der Waals surface area contributed by atoms with Gasteiger partial charge in [-0.15, -0.1) is 0 Å². The summed E-state index contributed by atoms with van der Waals surface area (Å²) in [5.74, 6) is -4.86. The van der Waals surface area contributed by atoms with Crippen molar-refractivity contribution < 1.29 is 31.9 Å². The molecule has 0 saturated carbocycles. The van der Waals surface area contributed by atoms with Gasteiger partial charge in [0.15, 0.2) is 5.82 Å². The van der Waals surface area contributed by atoms with Gasteiger partial charge in [0.25, 0.3) is 12.3 Å². The molecule has 0 aromatic carbocycles. The van der Waals surface area contributed by atoms with Gasteiger partial charge in [-0.1, -0.05) is 0 Å². The number of hydrogen-bond acceptors (Lipinski definition) is 4. The summed E-state index contributed by atoms with van der Waals surface area (Å²) >= 11 is 0. The van der Waals surface area contributed by atoms with Gasteiger partial charge in [-0.2, -0.15) is 13.9 Å². The van der Waals surface area contributed by atoms with Crippen LogP contribution in [-0.2, 0) is 25.4 Å².